The summed E-state index contributed by atoms with van der Waals surface area (Å²) in [6.07, 6.45) is 2.72. The number of esters is 1. The standard InChI is InChI=1S/C21H17NO6/c1-13-9-18-16(11-21(24)28-19(18)10-14(13)2)12-27-20(23)8-5-15-3-6-17(7-4-15)22(25)26/h3-11H,12H2,1-2H3/b8-5+. The maximum atomic E-state index is 12.0. The van der Waals surface area contributed by atoms with Crippen molar-refractivity contribution in [3.8, 4) is 0 Å². The minimum atomic E-state index is -0.594. The highest BCUT2D eigenvalue weighted by atomic mass is 16.6. The fourth-order valence-corrected chi connectivity index (χ4v) is 2.67. The minimum absolute atomic E-state index is 0.0277. The normalized spacial score (nSPS) is 11.1. The third-order valence-corrected chi connectivity index (χ3v) is 4.33. The highest BCUT2D eigenvalue weighted by Gasteiger charge is 2.10. The molecule has 0 radical (unpaired) electrons. The average Bonchev–Trinajstić information content (AvgIpc) is 2.66. The van der Waals surface area contributed by atoms with E-state index in [-0.39, 0.29) is 12.3 Å². The molecule has 142 valence electrons. The molecule has 0 N–H and O–H groups in total. The molecule has 0 aliphatic heterocycles. The first-order chi connectivity index (χ1) is 13.3. The molecule has 1 aromatic heterocycles. The van der Waals surface area contributed by atoms with Crippen LogP contribution in [-0.2, 0) is 16.1 Å². The zero-order chi connectivity index (χ0) is 20.3. The highest BCUT2D eigenvalue weighted by Crippen LogP contribution is 2.22. The van der Waals surface area contributed by atoms with Crippen molar-refractivity contribution >= 4 is 28.7 Å². The number of carbonyl (C=O) groups excluding carboxylic acids is 1. The molecule has 0 saturated carbocycles. The summed E-state index contributed by atoms with van der Waals surface area (Å²) in [6, 6.07) is 10.8. The minimum Gasteiger partial charge on any atom is -0.458 e. The summed E-state index contributed by atoms with van der Waals surface area (Å²) in [6.45, 7) is 3.79. The van der Waals surface area contributed by atoms with Gasteiger partial charge in [-0.3, -0.25) is 10.1 Å². The zero-order valence-electron chi connectivity index (χ0n) is 15.3. The molecule has 3 rings (SSSR count). The van der Waals surface area contributed by atoms with Crippen molar-refractivity contribution in [2.24, 2.45) is 0 Å². The first-order valence-electron chi connectivity index (χ1n) is 8.47. The van der Waals surface area contributed by atoms with Gasteiger partial charge in [-0.2, -0.15) is 0 Å². The molecule has 0 amide bonds. The van der Waals surface area contributed by atoms with Crippen LogP contribution in [-0.4, -0.2) is 10.9 Å². The molecular formula is C21H17NO6. The molecule has 0 aliphatic rings. The van der Waals surface area contributed by atoms with Crippen LogP contribution in [0.3, 0.4) is 0 Å². The Kier molecular flexibility index (Phi) is 5.35. The Bertz CT molecular complexity index is 1140. The van der Waals surface area contributed by atoms with Gasteiger partial charge in [-0.15, -0.1) is 0 Å². The van der Waals surface area contributed by atoms with Gasteiger partial charge >= 0.3 is 11.6 Å². The van der Waals surface area contributed by atoms with E-state index in [4.69, 9.17) is 9.15 Å². The summed E-state index contributed by atoms with van der Waals surface area (Å²) in [5, 5.41) is 11.4. The van der Waals surface area contributed by atoms with Crippen LogP contribution in [0.4, 0.5) is 5.69 Å². The van der Waals surface area contributed by atoms with Gasteiger partial charge in [-0.1, -0.05) is 0 Å². The number of nitro benzene ring substituents is 1. The molecule has 0 aliphatic carbocycles. The van der Waals surface area contributed by atoms with Gasteiger partial charge in [0.05, 0.1) is 4.92 Å². The maximum absolute atomic E-state index is 12.0. The number of carbonyl (C=O) groups is 1. The Balaban J connectivity index is 1.73. The first-order valence-corrected chi connectivity index (χ1v) is 8.47. The molecule has 0 fully saturated rings. The summed E-state index contributed by atoms with van der Waals surface area (Å²) in [4.78, 5) is 33.9. The lowest BCUT2D eigenvalue weighted by Gasteiger charge is -2.08. The molecular weight excluding hydrogens is 362 g/mol. The number of fused-ring (bicyclic) bond motifs is 1. The Hall–Kier alpha value is -3.74. The SMILES string of the molecule is Cc1cc2oc(=O)cc(COC(=O)/C=C/c3ccc([N+](=O)[O-])cc3)c2cc1C. The summed E-state index contributed by atoms with van der Waals surface area (Å²) in [5.41, 5.74) is 3.13. The Morgan fingerprint density at radius 2 is 1.82 bits per heavy atom. The molecule has 7 nitrogen and oxygen atoms in total. The highest BCUT2D eigenvalue weighted by molar-refractivity contribution is 5.87. The third-order valence-electron chi connectivity index (χ3n) is 4.33. The molecule has 7 heteroatoms. The Labute approximate surface area is 160 Å². The number of hydrogen-bond acceptors (Lipinski definition) is 6. The van der Waals surface area contributed by atoms with E-state index in [0.29, 0.717) is 16.7 Å². The predicted molar refractivity (Wildman–Crippen MR) is 104 cm³/mol. The van der Waals surface area contributed by atoms with Crippen molar-refractivity contribution in [3.63, 3.8) is 0 Å². The lowest BCUT2D eigenvalue weighted by atomic mass is 10.0. The van der Waals surface area contributed by atoms with Crippen LogP contribution in [0, 0.1) is 24.0 Å². The maximum Gasteiger partial charge on any atom is 0.336 e. The monoisotopic (exact) mass is 379 g/mol. The van der Waals surface area contributed by atoms with E-state index in [1.54, 1.807) is 6.07 Å². The molecule has 28 heavy (non-hydrogen) atoms. The molecule has 3 aromatic rings. The quantitative estimate of drug-likeness (QED) is 0.218. The van der Waals surface area contributed by atoms with Gasteiger partial charge in [0.25, 0.3) is 5.69 Å². The van der Waals surface area contributed by atoms with Crippen LogP contribution in [0.25, 0.3) is 17.0 Å². The van der Waals surface area contributed by atoms with Crippen molar-refractivity contribution in [1.82, 2.24) is 0 Å². The van der Waals surface area contributed by atoms with E-state index in [1.807, 2.05) is 19.9 Å². The van der Waals surface area contributed by atoms with E-state index in [1.165, 1.54) is 42.5 Å². The second-order valence-electron chi connectivity index (χ2n) is 6.31. The average molecular weight is 379 g/mol. The number of aryl methyl sites for hydroxylation is 2. The van der Waals surface area contributed by atoms with Crippen LogP contribution in [0.5, 0.6) is 0 Å². The number of nitrogens with zero attached hydrogens (tertiary/aromatic N) is 1. The van der Waals surface area contributed by atoms with Crippen LogP contribution >= 0.6 is 0 Å². The molecule has 0 spiro atoms. The van der Waals surface area contributed by atoms with E-state index in [9.17, 15) is 19.7 Å². The summed E-state index contributed by atoms with van der Waals surface area (Å²) < 4.78 is 10.4. The van der Waals surface area contributed by atoms with Crippen LogP contribution in [0.15, 0.2) is 57.8 Å². The Morgan fingerprint density at radius 3 is 2.50 bits per heavy atom. The summed E-state index contributed by atoms with van der Waals surface area (Å²) in [7, 11) is 0. The number of non-ortho nitro benzene ring substituents is 1. The van der Waals surface area contributed by atoms with Gasteiger partial charge in [-0.25, -0.2) is 9.59 Å². The van der Waals surface area contributed by atoms with Crippen LogP contribution in [0.1, 0.15) is 22.3 Å². The number of ether oxygens (including phenoxy) is 1. The van der Waals surface area contributed by atoms with E-state index < -0.39 is 16.5 Å². The lowest BCUT2D eigenvalue weighted by molar-refractivity contribution is -0.384. The predicted octanol–water partition coefficient (Wildman–Crippen LogP) is 4.07. The second-order valence-corrected chi connectivity index (χ2v) is 6.31. The Morgan fingerprint density at radius 1 is 1.14 bits per heavy atom. The van der Waals surface area contributed by atoms with Crippen molar-refractivity contribution < 1.29 is 18.9 Å². The number of nitro groups is 1. The van der Waals surface area contributed by atoms with E-state index in [0.717, 1.165) is 16.5 Å². The fraction of sp³-hybridized carbons (Fsp3) is 0.143. The van der Waals surface area contributed by atoms with Crippen molar-refractivity contribution in [3.05, 3.63) is 91.3 Å². The third kappa shape index (κ3) is 4.32. The van der Waals surface area contributed by atoms with Gasteiger partial charge in [-0.05, 0) is 60.9 Å². The molecule has 0 bridgehead atoms. The molecule has 2 aromatic carbocycles. The van der Waals surface area contributed by atoms with Crippen molar-refractivity contribution in [1.29, 1.82) is 0 Å². The van der Waals surface area contributed by atoms with E-state index >= 15 is 0 Å². The molecule has 0 saturated heterocycles. The van der Waals surface area contributed by atoms with Gasteiger partial charge in [0.2, 0.25) is 0 Å². The smallest absolute Gasteiger partial charge is 0.336 e. The van der Waals surface area contributed by atoms with Gasteiger partial charge in [0.1, 0.15) is 12.2 Å². The van der Waals surface area contributed by atoms with Crippen molar-refractivity contribution in [2.45, 2.75) is 20.5 Å². The molecule has 0 unspecified atom stereocenters. The number of benzene rings is 2. The second kappa shape index (κ2) is 7.87. The molecule has 0 atom stereocenters. The van der Waals surface area contributed by atoms with E-state index in [2.05, 4.69) is 0 Å². The number of hydrogen-bond donors (Lipinski definition) is 0. The summed E-state index contributed by atoms with van der Waals surface area (Å²) in [5.74, 6) is -0.594. The fourth-order valence-electron chi connectivity index (χ4n) is 2.67. The lowest BCUT2D eigenvalue weighted by Crippen LogP contribution is -2.06. The van der Waals surface area contributed by atoms with Gasteiger partial charge in [0.15, 0.2) is 0 Å². The topological polar surface area (TPSA) is 99.7 Å². The van der Waals surface area contributed by atoms with Gasteiger partial charge in [0, 0.05) is 35.2 Å². The largest absolute Gasteiger partial charge is 0.458 e. The molecule has 1 heterocycles. The summed E-state index contributed by atoms with van der Waals surface area (Å²) >= 11 is 0. The zero-order valence-corrected chi connectivity index (χ0v) is 15.3. The van der Waals surface area contributed by atoms with Crippen molar-refractivity contribution in [2.75, 3.05) is 0 Å². The number of rotatable bonds is 5. The van der Waals surface area contributed by atoms with Crippen LogP contribution in [0.2, 0.25) is 0 Å². The first kappa shape index (κ1) is 19.0. The van der Waals surface area contributed by atoms with Gasteiger partial charge < -0.3 is 9.15 Å². The van der Waals surface area contributed by atoms with Crippen LogP contribution < -0.4 is 5.63 Å².